The van der Waals surface area contributed by atoms with E-state index in [1.54, 1.807) is 20.8 Å². The first kappa shape index (κ1) is 17.0. The van der Waals surface area contributed by atoms with Crippen LogP contribution in [0.1, 0.15) is 26.3 Å². The van der Waals surface area contributed by atoms with E-state index in [0.717, 1.165) is 10.6 Å². The molecule has 0 aliphatic rings. The lowest BCUT2D eigenvalue weighted by molar-refractivity contribution is -0.147. The average molecular weight is 293 g/mol. The summed E-state index contributed by atoms with van der Waals surface area (Å²) in [4.78, 5) is 23.7. The summed E-state index contributed by atoms with van der Waals surface area (Å²) in [7, 11) is 1.53. The van der Waals surface area contributed by atoms with Crippen LogP contribution in [-0.4, -0.2) is 35.2 Å². The van der Waals surface area contributed by atoms with E-state index in [1.165, 1.54) is 7.05 Å². The lowest BCUT2D eigenvalue weighted by atomic mass is 9.86. The van der Waals surface area contributed by atoms with Crippen molar-refractivity contribution in [3.05, 3.63) is 35.9 Å². The van der Waals surface area contributed by atoms with Gasteiger partial charge in [0.05, 0.1) is 0 Å². The van der Waals surface area contributed by atoms with Crippen molar-refractivity contribution in [1.29, 1.82) is 0 Å². The van der Waals surface area contributed by atoms with Gasteiger partial charge in [-0.2, -0.15) is 0 Å². The van der Waals surface area contributed by atoms with Gasteiger partial charge in [0, 0.05) is 13.6 Å². The molecular formula is C15H23N3O3. The minimum absolute atomic E-state index is 0.342. The molecule has 116 valence electrons. The zero-order valence-corrected chi connectivity index (χ0v) is 12.9. The molecular weight excluding hydrogens is 270 g/mol. The number of carboxylic acid groups (broad SMARTS) is 1. The third kappa shape index (κ3) is 4.75. The Bertz CT molecular complexity index is 483. The topological polar surface area (TPSA) is 81.7 Å². The summed E-state index contributed by atoms with van der Waals surface area (Å²) in [5, 5.41) is 13.2. The van der Waals surface area contributed by atoms with Gasteiger partial charge >= 0.3 is 12.0 Å². The van der Waals surface area contributed by atoms with Gasteiger partial charge in [-0.3, -0.25) is 0 Å². The van der Waals surface area contributed by atoms with Crippen LogP contribution in [0.3, 0.4) is 0 Å². The molecule has 0 spiro atoms. The monoisotopic (exact) mass is 293 g/mol. The van der Waals surface area contributed by atoms with E-state index < -0.39 is 23.5 Å². The molecule has 3 N–H and O–H groups in total. The summed E-state index contributed by atoms with van der Waals surface area (Å²) in [6, 6.07) is 8.00. The average Bonchev–Trinajstić information content (AvgIpc) is 2.41. The Morgan fingerprint density at radius 3 is 2.24 bits per heavy atom. The van der Waals surface area contributed by atoms with Crippen LogP contribution in [0, 0.1) is 5.41 Å². The van der Waals surface area contributed by atoms with E-state index in [9.17, 15) is 14.7 Å². The summed E-state index contributed by atoms with van der Waals surface area (Å²) in [6.45, 7) is 5.68. The molecule has 0 bridgehead atoms. The summed E-state index contributed by atoms with van der Waals surface area (Å²) in [6.07, 6.45) is 0. The highest BCUT2D eigenvalue weighted by Crippen LogP contribution is 2.23. The summed E-state index contributed by atoms with van der Waals surface area (Å²) >= 11 is 0. The molecule has 0 aromatic heterocycles. The van der Waals surface area contributed by atoms with Gasteiger partial charge in [-0.25, -0.2) is 20.0 Å². The minimum Gasteiger partial charge on any atom is -0.480 e. The molecule has 0 heterocycles. The van der Waals surface area contributed by atoms with Gasteiger partial charge in [0.15, 0.2) is 6.04 Å². The van der Waals surface area contributed by atoms with Crippen molar-refractivity contribution in [1.82, 2.24) is 15.8 Å². The molecule has 6 heteroatoms. The third-order valence-electron chi connectivity index (χ3n) is 3.06. The van der Waals surface area contributed by atoms with Crippen molar-refractivity contribution in [2.24, 2.45) is 5.41 Å². The number of carbonyl (C=O) groups excluding carboxylic acids is 1. The molecule has 1 aromatic carbocycles. The fourth-order valence-electron chi connectivity index (χ4n) is 2.07. The molecule has 1 aromatic rings. The number of aliphatic carboxylic acids is 1. The van der Waals surface area contributed by atoms with Crippen molar-refractivity contribution in [3.8, 4) is 0 Å². The molecule has 0 radical (unpaired) electrons. The van der Waals surface area contributed by atoms with Crippen LogP contribution in [0.2, 0.25) is 0 Å². The maximum atomic E-state index is 12.2. The van der Waals surface area contributed by atoms with E-state index in [-0.39, 0.29) is 0 Å². The van der Waals surface area contributed by atoms with Crippen LogP contribution in [0.15, 0.2) is 30.3 Å². The molecule has 1 atom stereocenters. The number of urea groups is 1. The van der Waals surface area contributed by atoms with Crippen LogP contribution in [-0.2, 0) is 11.3 Å². The lowest BCUT2D eigenvalue weighted by Gasteiger charge is -2.36. The van der Waals surface area contributed by atoms with Crippen LogP contribution in [0.25, 0.3) is 0 Å². The van der Waals surface area contributed by atoms with Gasteiger partial charge in [0.25, 0.3) is 0 Å². The summed E-state index contributed by atoms with van der Waals surface area (Å²) in [5.41, 5.74) is 3.02. The number of nitrogens with one attached hydrogen (secondary N) is 2. The molecule has 2 amide bonds. The second kappa shape index (κ2) is 7.08. The molecule has 1 rings (SSSR count). The Balaban J connectivity index is 2.78. The zero-order valence-electron chi connectivity index (χ0n) is 12.9. The van der Waals surface area contributed by atoms with Crippen molar-refractivity contribution in [3.63, 3.8) is 0 Å². The van der Waals surface area contributed by atoms with E-state index in [0.29, 0.717) is 6.54 Å². The first-order chi connectivity index (χ1) is 9.77. The molecule has 0 fully saturated rings. The largest absolute Gasteiger partial charge is 0.480 e. The van der Waals surface area contributed by atoms with Crippen molar-refractivity contribution < 1.29 is 14.7 Å². The maximum Gasteiger partial charge on any atom is 0.332 e. The zero-order chi connectivity index (χ0) is 16.0. The summed E-state index contributed by atoms with van der Waals surface area (Å²) < 4.78 is 0. The van der Waals surface area contributed by atoms with Gasteiger partial charge in [0.2, 0.25) is 0 Å². The second-order valence-corrected chi connectivity index (χ2v) is 5.84. The predicted molar refractivity (Wildman–Crippen MR) is 80.5 cm³/mol. The van der Waals surface area contributed by atoms with Gasteiger partial charge in [0.1, 0.15) is 0 Å². The van der Waals surface area contributed by atoms with Crippen molar-refractivity contribution in [2.75, 3.05) is 7.05 Å². The quantitative estimate of drug-likeness (QED) is 0.723. The maximum absolute atomic E-state index is 12.2. The number of nitrogens with zero attached hydrogens (tertiary/aromatic N) is 1. The molecule has 6 nitrogen and oxygen atoms in total. The Hall–Kier alpha value is -2.08. The third-order valence-corrected chi connectivity index (χ3v) is 3.06. The Morgan fingerprint density at radius 1 is 1.24 bits per heavy atom. The molecule has 1 unspecified atom stereocenters. The number of amides is 2. The highest BCUT2D eigenvalue weighted by Gasteiger charge is 2.38. The first-order valence-corrected chi connectivity index (χ1v) is 6.78. The summed E-state index contributed by atoms with van der Waals surface area (Å²) in [5.74, 6) is -1.05. The lowest BCUT2D eigenvalue weighted by Crippen LogP contribution is -2.59. The van der Waals surface area contributed by atoms with Crippen LogP contribution in [0.5, 0.6) is 0 Å². The number of carbonyl (C=O) groups is 2. The standard InChI is InChI=1S/C15H23N3O3/c1-15(2,3)12(13(19)20)18(16-4)14(21)17-10-11-8-6-5-7-9-11/h5-9,12,16H,10H2,1-4H3,(H,17,21)(H,19,20). The molecule has 0 saturated carbocycles. The van der Waals surface area contributed by atoms with E-state index in [1.807, 2.05) is 30.3 Å². The molecule has 0 aliphatic heterocycles. The van der Waals surface area contributed by atoms with Gasteiger partial charge in [-0.05, 0) is 11.0 Å². The molecule has 21 heavy (non-hydrogen) atoms. The number of carboxylic acids is 1. The Morgan fingerprint density at radius 2 is 1.81 bits per heavy atom. The van der Waals surface area contributed by atoms with Gasteiger partial charge in [-0.15, -0.1) is 0 Å². The van der Waals surface area contributed by atoms with Gasteiger partial charge < -0.3 is 10.4 Å². The number of hydrazine groups is 1. The first-order valence-electron chi connectivity index (χ1n) is 6.78. The highest BCUT2D eigenvalue weighted by molar-refractivity contribution is 5.82. The predicted octanol–water partition coefficient (Wildman–Crippen LogP) is 1.83. The normalized spacial score (nSPS) is 12.6. The number of hydrogen-bond acceptors (Lipinski definition) is 3. The van der Waals surface area contributed by atoms with Gasteiger partial charge in [-0.1, -0.05) is 51.1 Å². The smallest absolute Gasteiger partial charge is 0.332 e. The van der Waals surface area contributed by atoms with E-state index in [4.69, 9.17) is 0 Å². The highest BCUT2D eigenvalue weighted by atomic mass is 16.4. The van der Waals surface area contributed by atoms with E-state index >= 15 is 0 Å². The number of rotatable bonds is 5. The molecule has 0 aliphatic carbocycles. The van der Waals surface area contributed by atoms with Crippen molar-refractivity contribution in [2.45, 2.75) is 33.4 Å². The SMILES string of the molecule is CNN(C(=O)NCc1ccccc1)C(C(=O)O)C(C)(C)C. The van der Waals surface area contributed by atoms with Crippen LogP contribution < -0.4 is 10.7 Å². The minimum atomic E-state index is -1.05. The van der Waals surface area contributed by atoms with E-state index in [2.05, 4.69) is 10.7 Å². The number of benzene rings is 1. The fraction of sp³-hybridized carbons (Fsp3) is 0.467. The Labute approximate surface area is 125 Å². The second-order valence-electron chi connectivity index (χ2n) is 5.84. The fourth-order valence-corrected chi connectivity index (χ4v) is 2.07. The number of hydrogen-bond donors (Lipinski definition) is 3. The molecule has 0 saturated heterocycles. The van der Waals surface area contributed by atoms with Crippen molar-refractivity contribution >= 4 is 12.0 Å². The van der Waals surface area contributed by atoms with Crippen LogP contribution in [0.4, 0.5) is 4.79 Å². The van der Waals surface area contributed by atoms with Crippen LogP contribution >= 0.6 is 0 Å². The Kier molecular flexibility index (Phi) is 5.72.